The molecule has 5 rings (SSSR count). The van der Waals surface area contributed by atoms with Gasteiger partial charge in [0.1, 0.15) is 16.4 Å². The van der Waals surface area contributed by atoms with Crippen LogP contribution in [0.15, 0.2) is 90.2 Å². The standard InChI is InChI=1S/C27H19ClFN5O2S/c28-24-21-8-4-5-9-22(21)37-26(24)27(36)30-15-23(35)32-31-14-18-16-34(20-6-2-1-3-7-20)33-25(18)17-10-12-19(29)13-11-17/h1-14,16H,15H2,(H,30,36)(H,32,35)/b31-14+. The first kappa shape index (κ1) is 24.4. The quantitative estimate of drug-likeness (QED) is 0.217. The molecule has 184 valence electrons. The number of nitrogens with one attached hydrogen (secondary N) is 2. The summed E-state index contributed by atoms with van der Waals surface area (Å²) in [6.07, 6.45) is 3.21. The van der Waals surface area contributed by atoms with Gasteiger partial charge < -0.3 is 5.32 Å². The summed E-state index contributed by atoms with van der Waals surface area (Å²) in [5.41, 5.74) is 5.10. The molecule has 0 radical (unpaired) electrons. The summed E-state index contributed by atoms with van der Waals surface area (Å²) >= 11 is 7.60. The summed E-state index contributed by atoms with van der Waals surface area (Å²) in [7, 11) is 0. The number of carbonyl (C=O) groups excluding carboxylic acids is 2. The van der Waals surface area contributed by atoms with E-state index in [1.165, 1.54) is 29.7 Å². The number of rotatable bonds is 7. The Labute approximate surface area is 220 Å². The molecule has 0 unspecified atom stereocenters. The van der Waals surface area contributed by atoms with E-state index in [1.807, 2.05) is 54.6 Å². The maximum Gasteiger partial charge on any atom is 0.263 e. The molecule has 0 saturated carbocycles. The maximum atomic E-state index is 13.4. The van der Waals surface area contributed by atoms with Gasteiger partial charge in [0.05, 0.1) is 23.5 Å². The van der Waals surface area contributed by atoms with E-state index in [0.717, 1.165) is 15.8 Å². The van der Waals surface area contributed by atoms with Crippen LogP contribution in [0.2, 0.25) is 5.02 Å². The minimum Gasteiger partial charge on any atom is -0.342 e. The number of carbonyl (C=O) groups is 2. The van der Waals surface area contributed by atoms with Crippen LogP contribution < -0.4 is 10.7 Å². The Morgan fingerprint density at radius 2 is 1.76 bits per heavy atom. The van der Waals surface area contributed by atoms with Crippen LogP contribution in [0.25, 0.3) is 27.0 Å². The Balaban J connectivity index is 1.27. The monoisotopic (exact) mass is 531 g/mol. The van der Waals surface area contributed by atoms with Crippen molar-refractivity contribution in [3.63, 3.8) is 0 Å². The molecule has 0 spiro atoms. The molecule has 0 aliphatic carbocycles. The van der Waals surface area contributed by atoms with Crippen molar-refractivity contribution in [2.24, 2.45) is 5.10 Å². The molecule has 2 N–H and O–H groups in total. The Morgan fingerprint density at radius 1 is 1.03 bits per heavy atom. The number of nitrogens with zero attached hydrogens (tertiary/aromatic N) is 3. The number of fused-ring (bicyclic) bond motifs is 1. The zero-order valence-corrected chi connectivity index (χ0v) is 20.8. The van der Waals surface area contributed by atoms with Crippen molar-refractivity contribution >= 4 is 51.1 Å². The van der Waals surface area contributed by atoms with Crippen LogP contribution in [0.3, 0.4) is 0 Å². The van der Waals surface area contributed by atoms with Gasteiger partial charge in [-0.05, 0) is 42.5 Å². The lowest BCUT2D eigenvalue weighted by molar-refractivity contribution is -0.120. The molecular weight excluding hydrogens is 513 g/mol. The van der Waals surface area contributed by atoms with Crippen molar-refractivity contribution in [1.29, 1.82) is 0 Å². The number of halogens is 2. The Morgan fingerprint density at radius 3 is 2.51 bits per heavy atom. The van der Waals surface area contributed by atoms with Crippen molar-refractivity contribution in [2.75, 3.05) is 6.54 Å². The van der Waals surface area contributed by atoms with Gasteiger partial charge in [0.2, 0.25) is 0 Å². The molecule has 0 aliphatic heterocycles. The van der Waals surface area contributed by atoms with Crippen LogP contribution in [-0.4, -0.2) is 34.4 Å². The summed E-state index contributed by atoms with van der Waals surface area (Å²) in [6.45, 7) is -0.283. The van der Waals surface area contributed by atoms with Gasteiger partial charge >= 0.3 is 0 Å². The fourth-order valence-electron chi connectivity index (χ4n) is 3.64. The lowest BCUT2D eigenvalue weighted by Gasteiger charge is -2.03. The van der Waals surface area contributed by atoms with Crippen LogP contribution in [0, 0.1) is 5.82 Å². The van der Waals surface area contributed by atoms with Gasteiger partial charge in [-0.1, -0.05) is 48.0 Å². The molecule has 0 atom stereocenters. The molecule has 7 nitrogen and oxygen atoms in total. The number of hydrazone groups is 1. The normalized spacial score (nSPS) is 11.2. The Hall–Kier alpha value is -4.34. The van der Waals surface area contributed by atoms with E-state index >= 15 is 0 Å². The fraction of sp³-hybridized carbons (Fsp3) is 0.0370. The van der Waals surface area contributed by atoms with E-state index in [1.54, 1.807) is 23.0 Å². The smallest absolute Gasteiger partial charge is 0.263 e. The second kappa shape index (κ2) is 10.7. The van der Waals surface area contributed by atoms with Crippen LogP contribution in [0.5, 0.6) is 0 Å². The van der Waals surface area contributed by atoms with Crippen LogP contribution in [-0.2, 0) is 4.79 Å². The number of hydrogen-bond acceptors (Lipinski definition) is 5. The van der Waals surface area contributed by atoms with E-state index in [0.29, 0.717) is 26.7 Å². The third-order valence-corrected chi connectivity index (χ3v) is 7.10. The number of para-hydroxylation sites is 1. The third kappa shape index (κ3) is 5.42. The molecule has 2 amide bonds. The molecule has 3 aromatic carbocycles. The number of aromatic nitrogens is 2. The van der Waals surface area contributed by atoms with Crippen molar-refractivity contribution in [2.45, 2.75) is 0 Å². The van der Waals surface area contributed by atoms with Gasteiger partial charge in [0.15, 0.2) is 0 Å². The van der Waals surface area contributed by atoms with E-state index in [9.17, 15) is 14.0 Å². The summed E-state index contributed by atoms with van der Waals surface area (Å²) in [5.74, 6) is -1.30. The van der Waals surface area contributed by atoms with Crippen LogP contribution in [0.1, 0.15) is 15.2 Å². The van der Waals surface area contributed by atoms with Gasteiger partial charge in [-0.2, -0.15) is 10.2 Å². The highest BCUT2D eigenvalue weighted by Gasteiger charge is 2.17. The van der Waals surface area contributed by atoms with E-state index in [-0.39, 0.29) is 12.4 Å². The number of amides is 2. The first-order valence-electron chi connectivity index (χ1n) is 11.2. The van der Waals surface area contributed by atoms with Crippen molar-refractivity contribution in [1.82, 2.24) is 20.5 Å². The van der Waals surface area contributed by atoms with Gasteiger partial charge in [0, 0.05) is 27.4 Å². The summed E-state index contributed by atoms with van der Waals surface area (Å²) in [6, 6.07) is 22.9. The Kier molecular flexibility index (Phi) is 7.07. The first-order chi connectivity index (χ1) is 18.0. The average molecular weight is 532 g/mol. The highest BCUT2D eigenvalue weighted by atomic mass is 35.5. The molecule has 10 heteroatoms. The second-order valence-electron chi connectivity index (χ2n) is 7.94. The largest absolute Gasteiger partial charge is 0.342 e. The highest BCUT2D eigenvalue weighted by Crippen LogP contribution is 2.34. The predicted molar refractivity (Wildman–Crippen MR) is 144 cm³/mol. The fourth-order valence-corrected chi connectivity index (χ4v) is 5.07. The lowest BCUT2D eigenvalue weighted by atomic mass is 10.1. The summed E-state index contributed by atoms with van der Waals surface area (Å²) in [5, 5.41) is 12.4. The summed E-state index contributed by atoms with van der Waals surface area (Å²) < 4.78 is 16.0. The van der Waals surface area contributed by atoms with Crippen molar-refractivity contribution < 1.29 is 14.0 Å². The van der Waals surface area contributed by atoms with Gasteiger partial charge in [-0.15, -0.1) is 11.3 Å². The number of thiophene rings is 1. The second-order valence-corrected chi connectivity index (χ2v) is 9.37. The first-order valence-corrected chi connectivity index (χ1v) is 12.4. The number of hydrogen-bond donors (Lipinski definition) is 2. The number of benzene rings is 3. The molecule has 37 heavy (non-hydrogen) atoms. The van der Waals surface area contributed by atoms with Gasteiger partial charge in [-0.3, -0.25) is 9.59 Å². The minimum absolute atomic E-state index is 0.283. The lowest BCUT2D eigenvalue weighted by Crippen LogP contribution is -2.34. The highest BCUT2D eigenvalue weighted by molar-refractivity contribution is 7.21. The van der Waals surface area contributed by atoms with Gasteiger partial charge in [0.25, 0.3) is 11.8 Å². The average Bonchev–Trinajstić information content (AvgIpc) is 3.50. The van der Waals surface area contributed by atoms with Crippen molar-refractivity contribution in [3.05, 3.63) is 106 Å². The molecule has 2 heterocycles. The SMILES string of the molecule is O=C(CNC(=O)c1sc2ccccc2c1Cl)N/N=C/c1cn(-c2ccccc2)nc1-c1ccc(F)cc1. The molecule has 0 bridgehead atoms. The third-order valence-electron chi connectivity index (χ3n) is 5.42. The molecule has 5 aromatic rings. The maximum absolute atomic E-state index is 13.4. The molecule has 0 aliphatic rings. The molecule has 0 fully saturated rings. The zero-order chi connectivity index (χ0) is 25.8. The van der Waals surface area contributed by atoms with E-state index in [2.05, 4.69) is 20.9 Å². The summed E-state index contributed by atoms with van der Waals surface area (Å²) in [4.78, 5) is 25.2. The van der Waals surface area contributed by atoms with Gasteiger partial charge in [-0.25, -0.2) is 14.5 Å². The van der Waals surface area contributed by atoms with E-state index in [4.69, 9.17) is 11.6 Å². The minimum atomic E-state index is -0.513. The molecule has 0 saturated heterocycles. The topological polar surface area (TPSA) is 88.4 Å². The van der Waals surface area contributed by atoms with Crippen molar-refractivity contribution in [3.8, 4) is 16.9 Å². The predicted octanol–water partition coefficient (Wildman–Crippen LogP) is 5.43. The van der Waals surface area contributed by atoms with E-state index < -0.39 is 11.8 Å². The Bertz CT molecular complexity index is 1610. The van der Waals surface area contributed by atoms with Crippen LogP contribution in [0.4, 0.5) is 4.39 Å². The molecule has 2 aromatic heterocycles. The zero-order valence-electron chi connectivity index (χ0n) is 19.2. The van der Waals surface area contributed by atoms with Crippen LogP contribution >= 0.6 is 22.9 Å². The molecular formula is C27H19ClFN5O2S.